The minimum absolute atomic E-state index is 0.00322. The zero-order chi connectivity index (χ0) is 23.5. The standard InChI is InChI=1S/C23H22ClFN2O4S/c1-15-4-10-20(12-16(15)2)32(29,30)27(3)18-6-8-19(9-7-18)31-14-23(28)26-22-11-5-17(24)13-21(22)25/h4-13H,14H2,1-3H3,(H,26,28). The molecule has 0 radical (unpaired) electrons. The first kappa shape index (κ1) is 23.6. The summed E-state index contributed by atoms with van der Waals surface area (Å²) in [6.07, 6.45) is 0. The highest BCUT2D eigenvalue weighted by atomic mass is 35.5. The fraction of sp³-hybridized carbons (Fsp3) is 0.174. The molecule has 0 atom stereocenters. The predicted octanol–water partition coefficient (Wildman–Crippen LogP) is 4.94. The molecule has 0 fully saturated rings. The lowest BCUT2D eigenvalue weighted by molar-refractivity contribution is -0.118. The summed E-state index contributed by atoms with van der Waals surface area (Å²) in [6, 6.07) is 15.2. The fourth-order valence-electron chi connectivity index (χ4n) is 2.85. The van der Waals surface area contributed by atoms with Crippen molar-refractivity contribution in [2.75, 3.05) is 23.3 Å². The highest BCUT2D eigenvalue weighted by Crippen LogP contribution is 2.25. The van der Waals surface area contributed by atoms with Crippen LogP contribution in [0, 0.1) is 19.7 Å². The average molecular weight is 477 g/mol. The van der Waals surface area contributed by atoms with Crippen LogP contribution in [0.4, 0.5) is 15.8 Å². The molecule has 0 aromatic heterocycles. The third-order valence-electron chi connectivity index (χ3n) is 4.91. The number of hydrogen-bond acceptors (Lipinski definition) is 4. The average Bonchev–Trinajstić information content (AvgIpc) is 2.76. The summed E-state index contributed by atoms with van der Waals surface area (Å²) in [5, 5.41) is 2.62. The Balaban J connectivity index is 1.64. The van der Waals surface area contributed by atoms with E-state index in [1.54, 1.807) is 42.5 Å². The number of anilines is 2. The van der Waals surface area contributed by atoms with Gasteiger partial charge in [0.2, 0.25) is 0 Å². The number of sulfonamides is 1. The number of nitrogens with one attached hydrogen (secondary N) is 1. The summed E-state index contributed by atoms with van der Waals surface area (Å²) < 4.78 is 46.2. The first-order valence-corrected chi connectivity index (χ1v) is 11.4. The summed E-state index contributed by atoms with van der Waals surface area (Å²) in [5.41, 5.74) is 2.33. The van der Waals surface area contributed by atoms with E-state index in [1.807, 2.05) is 13.8 Å². The predicted molar refractivity (Wildman–Crippen MR) is 123 cm³/mol. The zero-order valence-electron chi connectivity index (χ0n) is 17.7. The number of ether oxygens (including phenoxy) is 1. The van der Waals surface area contributed by atoms with Crippen molar-refractivity contribution in [1.82, 2.24) is 0 Å². The molecule has 0 bridgehead atoms. The third-order valence-corrected chi connectivity index (χ3v) is 6.93. The van der Waals surface area contributed by atoms with Crippen LogP contribution in [0.15, 0.2) is 65.6 Å². The van der Waals surface area contributed by atoms with Crippen molar-refractivity contribution >= 4 is 38.9 Å². The summed E-state index contributed by atoms with van der Waals surface area (Å²) in [4.78, 5) is 12.2. The number of halogens is 2. The monoisotopic (exact) mass is 476 g/mol. The maximum absolute atomic E-state index is 13.8. The van der Waals surface area contributed by atoms with Crippen molar-refractivity contribution in [3.63, 3.8) is 0 Å². The van der Waals surface area contributed by atoms with Crippen LogP contribution in [0.25, 0.3) is 0 Å². The van der Waals surface area contributed by atoms with Crippen molar-refractivity contribution < 1.29 is 22.3 Å². The van der Waals surface area contributed by atoms with Gasteiger partial charge < -0.3 is 10.1 Å². The van der Waals surface area contributed by atoms with Gasteiger partial charge in [-0.05, 0) is 79.6 Å². The van der Waals surface area contributed by atoms with E-state index in [0.29, 0.717) is 11.4 Å². The number of carbonyl (C=O) groups is 1. The Morgan fingerprint density at radius 2 is 1.72 bits per heavy atom. The van der Waals surface area contributed by atoms with E-state index in [4.69, 9.17) is 16.3 Å². The van der Waals surface area contributed by atoms with E-state index < -0.39 is 21.7 Å². The van der Waals surface area contributed by atoms with E-state index in [2.05, 4.69) is 5.32 Å². The lowest BCUT2D eigenvalue weighted by atomic mass is 10.1. The molecule has 0 aliphatic carbocycles. The molecule has 0 unspecified atom stereocenters. The topological polar surface area (TPSA) is 75.7 Å². The molecule has 0 saturated carbocycles. The molecular weight excluding hydrogens is 455 g/mol. The Morgan fingerprint density at radius 1 is 1.03 bits per heavy atom. The summed E-state index contributed by atoms with van der Waals surface area (Å²) >= 11 is 5.69. The minimum Gasteiger partial charge on any atom is -0.484 e. The van der Waals surface area contributed by atoms with E-state index >= 15 is 0 Å². The quantitative estimate of drug-likeness (QED) is 0.524. The smallest absolute Gasteiger partial charge is 0.264 e. The van der Waals surface area contributed by atoms with Gasteiger partial charge >= 0.3 is 0 Å². The normalized spacial score (nSPS) is 11.2. The number of benzene rings is 3. The number of rotatable bonds is 7. The van der Waals surface area contributed by atoms with Crippen LogP contribution in [0.1, 0.15) is 11.1 Å². The first-order chi connectivity index (χ1) is 15.1. The molecule has 168 valence electrons. The van der Waals surface area contributed by atoms with Crippen molar-refractivity contribution in [1.29, 1.82) is 0 Å². The van der Waals surface area contributed by atoms with Crippen LogP contribution in [0.3, 0.4) is 0 Å². The Hall–Kier alpha value is -3.10. The molecule has 0 saturated heterocycles. The maximum atomic E-state index is 13.8. The lowest BCUT2D eigenvalue weighted by Crippen LogP contribution is -2.26. The van der Waals surface area contributed by atoms with Crippen molar-refractivity contribution in [2.24, 2.45) is 0 Å². The van der Waals surface area contributed by atoms with Crippen LogP contribution in [-0.4, -0.2) is 28.0 Å². The van der Waals surface area contributed by atoms with E-state index in [-0.39, 0.29) is 22.2 Å². The molecular formula is C23H22ClFN2O4S. The molecule has 32 heavy (non-hydrogen) atoms. The molecule has 0 spiro atoms. The number of hydrogen-bond donors (Lipinski definition) is 1. The van der Waals surface area contributed by atoms with Gasteiger partial charge in [0.15, 0.2) is 6.61 Å². The number of amides is 1. The Morgan fingerprint density at radius 3 is 2.34 bits per heavy atom. The first-order valence-electron chi connectivity index (χ1n) is 9.62. The van der Waals surface area contributed by atoms with Crippen LogP contribution < -0.4 is 14.4 Å². The molecule has 3 aromatic rings. The second-order valence-electron chi connectivity index (χ2n) is 7.17. The van der Waals surface area contributed by atoms with Gasteiger partial charge in [-0.15, -0.1) is 0 Å². The lowest BCUT2D eigenvalue weighted by Gasteiger charge is -2.20. The molecule has 0 aliphatic heterocycles. The molecule has 0 heterocycles. The second-order valence-corrected chi connectivity index (χ2v) is 9.58. The number of carbonyl (C=O) groups excluding carboxylic acids is 1. The molecule has 3 rings (SSSR count). The highest BCUT2D eigenvalue weighted by molar-refractivity contribution is 7.92. The van der Waals surface area contributed by atoms with Gasteiger partial charge in [0.1, 0.15) is 11.6 Å². The van der Waals surface area contributed by atoms with Crippen molar-refractivity contribution in [3.05, 3.63) is 82.6 Å². The van der Waals surface area contributed by atoms with Crippen LogP contribution >= 0.6 is 11.6 Å². The Labute approximate surface area is 191 Å². The fourth-order valence-corrected chi connectivity index (χ4v) is 4.29. The number of aryl methyl sites for hydroxylation is 2. The van der Waals surface area contributed by atoms with Gasteiger partial charge in [-0.25, -0.2) is 12.8 Å². The van der Waals surface area contributed by atoms with Gasteiger partial charge in [-0.3, -0.25) is 9.10 Å². The van der Waals surface area contributed by atoms with Crippen LogP contribution in [0.5, 0.6) is 5.75 Å². The summed E-state index contributed by atoms with van der Waals surface area (Å²) in [5.74, 6) is -0.842. The highest BCUT2D eigenvalue weighted by Gasteiger charge is 2.21. The van der Waals surface area contributed by atoms with Gasteiger partial charge in [-0.1, -0.05) is 17.7 Å². The van der Waals surface area contributed by atoms with Gasteiger partial charge in [0.25, 0.3) is 15.9 Å². The molecule has 9 heteroatoms. The van der Waals surface area contributed by atoms with E-state index in [0.717, 1.165) is 17.2 Å². The molecule has 1 amide bonds. The van der Waals surface area contributed by atoms with Gasteiger partial charge in [-0.2, -0.15) is 0 Å². The molecule has 0 aliphatic rings. The van der Waals surface area contributed by atoms with Crippen LogP contribution in [0.2, 0.25) is 5.02 Å². The Bertz CT molecular complexity index is 1250. The van der Waals surface area contributed by atoms with Crippen molar-refractivity contribution in [2.45, 2.75) is 18.7 Å². The molecule has 3 aromatic carbocycles. The summed E-state index contributed by atoms with van der Waals surface area (Å²) in [6.45, 7) is 3.43. The SMILES string of the molecule is Cc1ccc(S(=O)(=O)N(C)c2ccc(OCC(=O)Nc3ccc(Cl)cc3F)cc2)cc1C. The largest absolute Gasteiger partial charge is 0.484 e. The van der Waals surface area contributed by atoms with E-state index in [9.17, 15) is 17.6 Å². The summed E-state index contributed by atoms with van der Waals surface area (Å²) in [7, 11) is -2.26. The third kappa shape index (κ3) is 5.38. The Kier molecular flexibility index (Phi) is 7.06. The maximum Gasteiger partial charge on any atom is 0.264 e. The van der Waals surface area contributed by atoms with Crippen molar-refractivity contribution in [3.8, 4) is 5.75 Å². The molecule has 6 nitrogen and oxygen atoms in total. The van der Waals surface area contributed by atoms with Gasteiger partial charge in [0.05, 0.1) is 16.3 Å². The zero-order valence-corrected chi connectivity index (χ0v) is 19.3. The van der Waals surface area contributed by atoms with Gasteiger partial charge in [0, 0.05) is 12.1 Å². The number of nitrogens with zero attached hydrogens (tertiary/aromatic N) is 1. The second kappa shape index (κ2) is 9.58. The molecule has 1 N–H and O–H groups in total. The van der Waals surface area contributed by atoms with E-state index in [1.165, 1.54) is 23.5 Å². The van der Waals surface area contributed by atoms with Crippen LogP contribution in [-0.2, 0) is 14.8 Å². The minimum atomic E-state index is -3.73.